The molecule has 1 N–H and O–H groups in total. The summed E-state index contributed by atoms with van der Waals surface area (Å²) >= 11 is 0. The van der Waals surface area contributed by atoms with Gasteiger partial charge in [-0.25, -0.2) is 0 Å². The maximum Gasteiger partial charge on any atom is 0.224 e. The molecule has 13 heavy (non-hydrogen) atoms. The van der Waals surface area contributed by atoms with E-state index in [-0.39, 0.29) is 5.91 Å². The van der Waals surface area contributed by atoms with Crippen LogP contribution in [-0.4, -0.2) is 18.0 Å². The summed E-state index contributed by atoms with van der Waals surface area (Å²) in [7, 11) is 1.58. The second-order valence-electron chi connectivity index (χ2n) is 2.92. The minimum atomic E-state index is 0.0440. The number of ether oxygens (including phenoxy) is 1. The van der Waals surface area contributed by atoms with Gasteiger partial charge in [-0.1, -0.05) is 0 Å². The van der Waals surface area contributed by atoms with Crippen LogP contribution in [0.1, 0.15) is 12.1 Å². The van der Waals surface area contributed by atoms with Crippen LogP contribution in [0.15, 0.2) is 12.3 Å². The smallest absolute Gasteiger partial charge is 0.224 e. The highest BCUT2D eigenvalue weighted by atomic mass is 16.5. The molecule has 1 aliphatic rings. The zero-order valence-corrected chi connectivity index (χ0v) is 7.33. The summed E-state index contributed by atoms with van der Waals surface area (Å²) in [4.78, 5) is 15.2. The van der Waals surface area contributed by atoms with Gasteiger partial charge in [0.15, 0.2) is 0 Å². The van der Waals surface area contributed by atoms with Gasteiger partial charge < -0.3 is 10.1 Å². The highest BCUT2D eigenvalue weighted by Gasteiger charge is 2.15. The predicted octanol–water partition coefficient (Wildman–Crippen LogP) is 0.975. The van der Waals surface area contributed by atoms with Crippen molar-refractivity contribution in [3.63, 3.8) is 0 Å². The molecule has 1 aromatic rings. The van der Waals surface area contributed by atoms with Crippen molar-refractivity contribution in [2.45, 2.75) is 12.8 Å². The Balaban J connectivity index is 2.38. The van der Waals surface area contributed by atoms with Crippen LogP contribution in [0.3, 0.4) is 0 Å². The highest BCUT2D eigenvalue weighted by Crippen LogP contribution is 2.24. The van der Waals surface area contributed by atoms with Gasteiger partial charge in [0.05, 0.1) is 24.7 Å². The zero-order valence-electron chi connectivity index (χ0n) is 7.33. The number of pyridine rings is 1. The normalized spacial score (nSPS) is 14.7. The number of methoxy groups -OCH3 is 1. The van der Waals surface area contributed by atoms with Crippen LogP contribution in [0.25, 0.3) is 0 Å². The Kier molecular flexibility index (Phi) is 1.88. The Labute approximate surface area is 75.9 Å². The number of amides is 1. The highest BCUT2D eigenvalue weighted by molar-refractivity contribution is 5.93. The molecule has 2 rings (SSSR count). The van der Waals surface area contributed by atoms with Crippen LogP contribution in [0, 0.1) is 0 Å². The average Bonchev–Trinajstić information content (AvgIpc) is 2.16. The third-order valence-electron chi connectivity index (χ3n) is 2.04. The molecule has 68 valence electrons. The SMILES string of the molecule is COc1cnc2c(c1)NC(=O)CC2. The fourth-order valence-electron chi connectivity index (χ4n) is 1.34. The van der Waals surface area contributed by atoms with Crippen molar-refractivity contribution in [2.24, 2.45) is 0 Å². The summed E-state index contributed by atoms with van der Waals surface area (Å²) in [6.45, 7) is 0. The van der Waals surface area contributed by atoms with Gasteiger partial charge in [0.25, 0.3) is 0 Å². The number of rotatable bonds is 1. The minimum absolute atomic E-state index is 0.0440. The molecular formula is C9H10N2O2. The number of fused-ring (bicyclic) bond motifs is 1. The molecule has 0 aromatic carbocycles. The number of carbonyl (C=O) groups excluding carboxylic acids is 1. The largest absolute Gasteiger partial charge is 0.495 e. The molecule has 4 nitrogen and oxygen atoms in total. The molecule has 0 spiro atoms. The topological polar surface area (TPSA) is 51.2 Å². The second kappa shape index (κ2) is 3.05. The standard InChI is InChI=1S/C9H10N2O2/c1-13-6-4-8-7(10-5-6)2-3-9(12)11-8/h4-5H,2-3H2,1H3,(H,11,12). The lowest BCUT2D eigenvalue weighted by Crippen LogP contribution is -2.19. The van der Waals surface area contributed by atoms with E-state index >= 15 is 0 Å². The Morgan fingerprint density at radius 2 is 2.38 bits per heavy atom. The Morgan fingerprint density at radius 3 is 3.15 bits per heavy atom. The molecule has 0 unspecified atom stereocenters. The van der Waals surface area contributed by atoms with E-state index in [2.05, 4.69) is 10.3 Å². The van der Waals surface area contributed by atoms with Crippen molar-refractivity contribution >= 4 is 11.6 Å². The predicted molar refractivity (Wildman–Crippen MR) is 47.7 cm³/mol. The van der Waals surface area contributed by atoms with Crippen molar-refractivity contribution in [2.75, 3.05) is 12.4 Å². The fourth-order valence-corrected chi connectivity index (χ4v) is 1.34. The summed E-state index contributed by atoms with van der Waals surface area (Å²) in [5.41, 5.74) is 1.70. The summed E-state index contributed by atoms with van der Waals surface area (Å²) in [5.74, 6) is 0.712. The monoisotopic (exact) mass is 178 g/mol. The summed E-state index contributed by atoms with van der Waals surface area (Å²) in [6, 6.07) is 1.79. The molecule has 0 radical (unpaired) electrons. The fraction of sp³-hybridized carbons (Fsp3) is 0.333. The van der Waals surface area contributed by atoms with Crippen molar-refractivity contribution in [1.29, 1.82) is 0 Å². The Bertz CT molecular complexity index is 349. The maximum atomic E-state index is 11.0. The Morgan fingerprint density at radius 1 is 1.54 bits per heavy atom. The van der Waals surface area contributed by atoms with E-state index in [0.717, 1.165) is 11.4 Å². The van der Waals surface area contributed by atoms with Crippen LogP contribution in [0.4, 0.5) is 5.69 Å². The van der Waals surface area contributed by atoms with Gasteiger partial charge in [-0.15, -0.1) is 0 Å². The van der Waals surface area contributed by atoms with Gasteiger partial charge in [-0.05, 0) is 0 Å². The lowest BCUT2D eigenvalue weighted by Gasteiger charge is -2.15. The first kappa shape index (κ1) is 8.04. The molecule has 0 saturated carbocycles. The van der Waals surface area contributed by atoms with E-state index in [1.807, 2.05) is 0 Å². The number of anilines is 1. The third kappa shape index (κ3) is 1.47. The molecule has 1 aliphatic heterocycles. The van der Waals surface area contributed by atoms with Gasteiger partial charge in [0.2, 0.25) is 5.91 Å². The molecule has 1 aromatic heterocycles. The molecular weight excluding hydrogens is 168 g/mol. The van der Waals surface area contributed by atoms with Crippen molar-refractivity contribution in [1.82, 2.24) is 4.98 Å². The Hall–Kier alpha value is -1.58. The number of hydrogen-bond acceptors (Lipinski definition) is 3. The van der Waals surface area contributed by atoms with Crippen LogP contribution < -0.4 is 10.1 Å². The van der Waals surface area contributed by atoms with Crippen LogP contribution in [0.5, 0.6) is 5.75 Å². The van der Waals surface area contributed by atoms with E-state index in [4.69, 9.17) is 4.74 Å². The molecule has 4 heteroatoms. The van der Waals surface area contributed by atoms with Crippen LogP contribution in [0.2, 0.25) is 0 Å². The first-order valence-electron chi connectivity index (χ1n) is 4.12. The van der Waals surface area contributed by atoms with E-state index < -0.39 is 0 Å². The molecule has 0 atom stereocenters. The second-order valence-corrected chi connectivity index (χ2v) is 2.92. The molecule has 0 saturated heterocycles. The summed E-state index contributed by atoms with van der Waals surface area (Å²) < 4.78 is 5.00. The van der Waals surface area contributed by atoms with Crippen molar-refractivity contribution < 1.29 is 9.53 Å². The number of aryl methyl sites for hydroxylation is 1. The van der Waals surface area contributed by atoms with E-state index in [1.54, 1.807) is 19.4 Å². The van der Waals surface area contributed by atoms with Gasteiger partial charge in [-0.3, -0.25) is 9.78 Å². The summed E-state index contributed by atoms with van der Waals surface area (Å²) in [5, 5.41) is 2.75. The number of nitrogens with zero attached hydrogens (tertiary/aromatic N) is 1. The lowest BCUT2D eigenvalue weighted by molar-refractivity contribution is -0.116. The molecule has 0 aliphatic carbocycles. The number of carbonyl (C=O) groups is 1. The van der Waals surface area contributed by atoms with E-state index in [1.165, 1.54) is 0 Å². The number of nitrogens with one attached hydrogen (secondary N) is 1. The van der Waals surface area contributed by atoms with Crippen molar-refractivity contribution in [3.05, 3.63) is 18.0 Å². The third-order valence-corrected chi connectivity index (χ3v) is 2.04. The maximum absolute atomic E-state index is 11.0. The average molecular weight is 178 g/mol. The van der Waals surface area contributed by atoms with Gasteiger partial charge in [0, 0.05) is 18.9 Å². The van der Waals surface area contributed by atoms with Gasteiger partial charge in [0.1, 0.15) is 5.75 Å². The molecule has 1 amide bonds. The van der Waals surface area contributed by atoms with Gasteiger partial charge >= 0.3 is 0 Å². The number of aromatic nitrogens is 1. The molecule has 0 fully saturated rings. The van der Waals surface area contributed by atoms with Crippen LogP contribution >= 0.6 is 0 Å². The van der Waals surface area contributed by atoms with E-state index in [0.29, 0.717) is 18.6 Å². The van der Waals surface area contributed by atoms with Gasteiger partial charge in [-0.2, -0.15) is 0 Å². The molecule has 2 heterocycles. The number of hydrogen-bond donors (Lipinski definition) is 1. The molecule has 0 bridgehead atoms. The van der Waals surface area contributed by atoms with Crippen LogP contribution in [-0.2, 0) is 11.2 Å². The quantitative estimate of drug-likeness (QED) is 0.697. The minimum Gasteiger partial charge on any atom is -0.495 e. The van der Waals surface area contributed by atoms with E-state index in [9.17, 15) is 4.79 Å². The first-order chi connectivity index (χ1) is 6.29. The first-order valence-corrected chi connectivity index (χ1v) is 4.12. The van der Waals surface area contributed by atoms with Crippen molar-refractivity contribution in [3.8, 4) is 5.75 Å². The summed E-state index contributed by atoms with van der Waals surface area (Å²) in [6.07, 6.45) is 2.90. The lowest BCUT2D eigenvalue weighted by atomic mass is 10.1. The zero-order chi connectivity index (χ0) is 9.26.